The molecule has 0 aliphatic heterocycles. The number of amides is 1. The van der Waals surface area contributed by atoms with E-state index in [9.17, 15) is 13.2 Å². The molecule has 0 unspecified atom stereocenters. The topological polar surface area (TPSA) is 113 Å². The fourth-order valence-corrected chi connectivity index (χ4v) is 4.22. The molecule has 0 spiro atoms. The van der Waals surface area contributed by atoms with Gasteiger partial charge in [0.15, 0.2) is 0 Å². The van der Waals surface area contributed by atoms with Crippen molar-refractivity contribution in [1.82, 2.24) is 15.3 Å². The van der Waals surface area contributed by atoms with Crippen molar-refractivity contribution in [3.05, 3.63) is 90.1 Å². The lowest BCUT2D eigenvalue weighted by Gasteiger charge is -2.15. The minimum Gasteiger partial charge on any atom is -0.497 e. The summed E-state index contributed by atoms with van der Waals surface area (Å²) in [5, 5.41) is 2.96. The number of hydrogen-bond donors (Lipinski definition) is 3. The molecule has 180 valence electrons. The van der Waals surface area contributed by atoms with Crippen LogP contribution in [0.15, 0.2) is 79.0 Å². The summed E-state index contributed by atoms with van der Waals surface area (Å²) in [4.78, 5) is 20.8. The van der Waals surface area contributed by atoms with E-state index in [4.69, 9.17) is 4.74 Å². The molecule has 1 heterocycles. The number of anilines is 1. The van der Waals surface area contributed by atoms with Gasteiger partial charge in [-0.05, 0) is 42.8 Å². The van der Waals surface area contributed by atoms with Gasteiger partial charge in [-0.2, -0.15) is 0 Å². The molecule has 0 aliphatic carbocycles. The molecule has 1 atom stereocenters. The molecule has 8 nitrogen and oxygen atoms in total. The van der Waals surface area contributed by atoms with Gasteiger partial charge in [0.25, 0.3) is 5.91 Å². The standard InChI is InChI=1S/C26H26N4O4S/c1-17(18-8-5-4-6-9-18)28-26(31)21-12-20(13-22(14-21)30-35(3,32)33)25-27-16-24(29-25)19-10-7-11-23(15-19)34-2/h4-17,30H,1-3H3,(H,27,29)(H,28,31)/t17-/m0/s1. The van der Waals surface area contributed by atoms with E-state index in [0.29, 0.717) is 22.7 Å². The van der Waals surface area contributed by atoms with Crippen LogP contribution in [0.4, 0.5) is 5.69 Å². The highest BCUT2D eigenvalue weighted by Crippen LogP contribution is 2.28. The highest BCUT2D eigenvalue weighted by molar-refractivity contribution is 7.92. The summed E-state index contributed by atoms with van der Waals surface area (Å²) in [6, 6.07) is 21.7. The number of rotatable bonds is 8. The van der Waals surface area contributed by atoms with Crippen molar-refractivity contribution in [2.75, 3.05) is 18.1 Å². The van der Waals surface area contributed by atoms with E-state index in [1.807, 2.05) is 61.5 Å². The zero-order valence-corrected chi connectivity index (χ0v) is 20.4. The summed E-state index contributed by atoms with van der Waals surface area (Å²) >= 11 is 0. The second-order valence-corrected chi connectivity index (χ2v) is 9.90. The molecule has 0 saturated heterocycles. The average Bonchev–Trinajstić information content (AvgIpc) is 3.34. The molecular weight excluding hydrogens is 464 g/mol. The average molecular weight is 491 g/mol. The van der Waals surface area contributed by atoms with Gasteiger partial charge in [0.1, 0.15) is 11.6 Å². The Morgan fingerprint density at radius 2 is 1.77 bits per heavy atom. The van der Waals surface area contributed by atoms with E-state index in [-0.39, 0.29) is 17.6 Å². The first-order valence-corrected chi connectivity index (χ1v) is 12.8. The van der Waals surface area contributed by atoms with Crippen molar-refractivity contribution >= 4 is 21.6 Å². The van der Waals surface area contributed by atoms with E-state index in [1.165, 1.54) is 6.07 Å². The first kappa shape index (κ1) is 24.0. The number of nitrogens with zero attached hydrogens (tertiary/aromatic N) is 1. The first-order valence-electron chi connectivity index (χ1n) is 10.9. The van der Waals surface area contributed by atoms with E-state index < -0.39 is 10.0 Å². The quantitative estimate of drug-likeness (QED) is 0.334. The number of methoxy groups -OCH3 is 1. The lowest BCUT2D eigenvalue weighted by atomic mass is 10.1. The molecule has 35 heavy (non-hydrogen) atoms. The number of aromatic amines is 1. The van der Waals surface area contributed by atoms with Crippen molar-refractivity contribution < 1.29 is 17.9 Å². The zero-order chi connectivity index (χ0) is 25.0. The molecule has 1 aromatic heterocycles. The Morgan fingerprint density at radius 3 is 2.49 bits per heavy atom. The van der Waals surface area contributed by atoms with Gasteiger partial charge in [0, 0.05) is 22.4 Å². The predicted molar refractivity (Wildman–Crippen MR) is 137 cm³/mol. The van der Waals surface area contributed by atoms with Gasteiger partial charge < -0.3 is 15.0 Å². The second kappa shape index (κ2) is 10.0. The molecular formula is C26H26N4O4S. The van der Waals surface area contributed by atoms with Gasteiger partial charge in [0.2, 0.25) is 10.0 Å². The maximum atomic E-state index is 13.1. The van der Waals surface area contributed by atoms with Crippen LogP contribution in [0, 0.1) is 0 Å². The summed E-state index contributed by atoms with van der Waals surface area (Å²) in [5.41, 5.74) is 3.72. The van der Waals surface area contributed by atoms with Gasteiger partial charge in [-0.1, -0.05) is 42.5 Å². The van der Waals surface area contributed by atoms with Gasteiger partial charge in [0.05, 0.1) is 31.3 Å². The number of nitrogens with one attached hydrogen (secondary N) is 3. The monoisotopic (exact) mass is 490 g/mol. The molecule has 9 heteroatoms. The van der Waals surface area contributed by atoms with E-state index in [2.05, 4.69) is 20.0 Å². The zero-order valence-electron chi connectivity index (χ0n) is 19.6. The minimum atomic E-state index is -3.56. The number of ether oxygens (including phenoxy) is 1. The van der Waals surface area contributed by atoms with Crippen molar-refractivity contribution in [3.8, 4) is 28.4 Å². The third-order valence-electron chi connectivity index (χ3n) is 5.38. The highest BCUT2D eigenvalue weighted by Gasteiger charge is 2.16. The third-order valence-corrected chi connectivity index (χ3v) is 5.98. The molecule has 0 saturated carbocycles. The number of benzene rings is 3. The highest BCUT2D eigenvalue weighted by atomic mass is 32.2. The summed E-state index contributed by atoms with van der Waals surface area (Å²) in [7, 11) is -1.96. The summed E-state index contributed by atoms with van der Waals surface area (Å²) in [6.45, 7) is 1.89. The van der Waals surface area contributed by atoms with Crippen LogP contribution in [0.1, 0.15) is 28.9 Å². The number of carbonyl (C=O) groups excluding carboxylic acids is 1. The molecule has 0 aliphatic rings. The molecule has 0 bridgehead atoms. The van der Waals surface area contributed by atoms with Crippen molar-refractivity contribution in [2.45, 2.75) is 13.0 Å². The van der Waals surface area contributed by atoms with E-state index in [0.717, 1.165) is 23.1 Å². The Labute approximate surface area is 204 Å². The SMILES string of the molecule is COc1cccc(-c2cnc(-c3cc(NS(C)(=O)=O)cc(C(=O)N[C@@H](C)c4ccccc4)c3)[nH]2)c1. The van der Waals surface area contributed by atoms with Crippen LogP contribution >= 0.6 is 0 Å². The maximum Gasteiger partial charge on any atom is 0.251 e. The van der Waals surface area contributed by atoms with Crippen molar-refractivity contribution in [2.24, 2.45) is 0 Å². The minimum absolute atomic E-state index is 0.234. The number of imidazole rings is 1. The first-order chi connectivity index (χ1) is 16.7. The Morgan fingerprint density at radius 1 is 1.00 bits per heavy atom. The number of carbonyl (C=O) groups is 1. The number of sulfonamides is 1. The van der Waals surface area contributed by atoms with Gasteiger partial charge >= 0.3 is 0 Å². The van der Waals surface area contributed by atoms with E-state index in [1.54, 1.807) is 25.4 Å². The van der Waals surface area contributed by atoms with E-state index >= 15 is 0 Å². The maximum absolute atomic E-state index is 13.1. The summed E-state index contributed by atoms with van der Waals surface area (Å²) in [6.07, 6.45) is 2.74. The van der Waals surface area contributed by atoms with Crippen LogP contribution in [0.25, 0.3) is 22.6 Å². The van der Waals surface area contributed by atoms with Crippen LogP contribution in [0.2, 0.25) is 0 Å². The van der Waals surface area contributed by atoms with Gasteiger partial charge in [-0.3, -0.25) is 9.52 Å². The van der Waals surface area contributed by atoms with Crippen molar-refractivity contribution in [3.63, 3.8) is 0 Å². The van der Waals surface area contributed by atoms with Crippen LogP contribution in [0.3, 0.4) is 0 Å². The largest absolute Gasteiger partial charge is 0.497 e. The Balaban J connectivity index is 1.68. The van der Waals surface area contributed by atoms with Gasteiger partial charge in [-0.25, -0.2) is 13.4 Å². The Bertz CT molecular complexity index is 1450. The lowest BCUT2D eigenvalue weighted by Crippen LogP contribution is -2.26. The normalized spacial score (nSPS) is 12.1. The summed E-state index contributed by atoms with van der Waals surface area (Å²) in [5.74, 6) is 0.869. The number of H-pyrrole nitrogens is 1. The molecule has 1 amide bonds. The molecule has 4 aromatic rings. The molecule has 4 rings (SSSR count). The van der Waals surface area contributed by atoms with Crippen LogP contribution in [0.5, 0.6) is 5.75 Å². The number of hydrogen-bond acceptors (Lipinski definition) is 5. The summed E-state index contributed by atoms with van der Waals surface area (Å²) < 4.78 is 31.5. The molecule has 0 fully saturated rings. The number of aromatic nitrogens is 2. The van der Waals surface area contributed by atoms with Crippen LogP contribution in [-0.2, 0) is 10.0 Å². The van der Waals surface area contributed by atoms with Crippen molar-refractivity contribution in [1.29, 1.82) is 0 Å². The molecule has 0 radical (unpaired) electrons. The predicted octanol–water partition coefficient (Wildman–Crippen LogP) is 4.61. The molecule has 3 N–H and O–H groups in total. The Hall–Kier alpha value is -4.11. The third kappa shape index (κ3) is 6.07. The second-order valence-electron chi connectivity index (χ2n) is 8.16. The Kier molecular flexibility index (Phi) is 6.88. The fraction of sp³-hybridized carbons (Fsp3) is 0.154. The van der Waals surface area contributed by atoms with Crippen LogP contribution in [-0.4, -0.2) is 37.7 Å². The van der Waals surface area contributed by atoms with Crippen LogP contribution < -0.4 is 14.8 Å². The fourth-order valence-electron chi connectivity index (χ4n) is 3.68. The smallest absolute Gasteiger partial charge is 0.251 e. The molecule has 3 aromatic carbocycles. The lowest BCUT2D eigenvalue weighted by molar-refractivity contribution is 0.0940. The van der Waals surface area contributed by atoms with Gasteiger partial charge in [-0.15, -0.1) is 0 Å².